The van der Waals surface area contributed by atoms with Gasteiger partial charge < -0.3 is 18.9 Å². The summed E-state index contributed by atoms with van der Waals surface area (Å²) in [4.78, 5) is 10.6. The molecular weight excluding hydrogens is 188 g/mol. The van der Waals surface area contributed by atoms with Crippen LogP contribution < -0.4 is 0 Å². The molecule has 5 nitrogen and oxygen atoms in total. The average molecular weight is 206 g/mol. The molecule has 14 heavy (non-hydrogen) atoms. The lowest BCUT2D eigenvalue weighted by atomic mass is 10.5. The molecule has 0 unspecified atom stereocenters. The molecule has 0 saturated carbocycles. The van der Waals surface area contributed by atoms with Gasteiger partial charge in [-0.25, -0.2) is 4.79 Å². The molecule has 0 bridgehead atoms. The molecule has 0 radical (unpaired) electrons. The van der Waals surface area contributed by atoms with Crippen molar-refractivity contribution in [2.45, 2.75) is 6.42 Å². The largest absolute Gasteiger partial charge is 0.467 e. The van der Waals surface area contributed by atoms with Crippen molar-refractivity contribution in [1.82, 2.24) is 0 Å². The van der Waals surface area contributed by atoms with Gasteiger partial charge in [0.05, 0.1) is 20.3 Å². The van der Waals surface area contributed by atoms with Gasteiger partial charge in [-0.15, -0.1) is 0 Å². The number of methoxy groups -OCH3 is 2. The average Bonchev–Trinajstić information content (AvgIpc) is 2.21. The van der Waals surface area contributed by atoms with E-state index in [4.69, 9.17) is 14.2 Å². The molecular formula is C9H18O5. The molecule has 0 aliphatic heterocycles. The van der Waals surface area contributed by atoms with E-state index in [-0.39, 0.29) is 12.6 Å². The zero-order chi connectivity index (χ0) is 10.6. The van der Waals surface area contributed by atoms with Crippen LogP contribution in [0.25, 0.3) is 0 Å². The molecule has 5 heteroatoms. The number of ether oxygens (including phenoxy) is 4. The van der Waals surface area contributed by atoms with Gasteiger partial charge in [0.15, 0.2) is 0 Å². The van der Waals surface area contributed by atoms with Gasteiger partial charge in [0.25, 0.3) is 0 Å². The maximum atomic E-state index is 10.6. The lowest BCUT2D eigenvalue weighted by Crippen LogP contribution is -2.12. The molecule has 0 spiro atoms. The van der Waals surface area contributed by atoms with Crippen molar-refractivity contribution in [3.8, 4) is 0 Å². The Kier molecular flexibility index (Phi) is 9.95. The van der Waals surface area contributed by atoms with E-state index >= 15 is 0 Å². The third-order valence-electron chi connectivity index (χ3n) is 1.46. The highest BCUT2D eigenvalue weighted by Crippen LogP contribution is 1.86. The number of hydrogen-bond acceptors (Lipinski definition) is 5. The minimum Gasteiger partial charge on any atom is -0.467 e. The summed E-state index contributed by atoms with van der Waals surface area (Å²) in [6.45, 7) is 2.32. The van der Waals surface area contributed by atoms with Crippen LogP contribution in [0.1, 0.15) is 6.42 Å². The Balaban J connectivity index is 2.95. The Morgan fingerprint density at radius 2 is 1.71 bits per heavy atom. The topological polar surface area (TPSA) is 54.0 Å². The van der Waals surface area contributed by atoms with Crippen LogP contribution in [-0.4, -0.2) is 53.2 Å². The summed E-state index contributed by atoms with van der Waals surface area (Å²) < 4.78 is 19.4. The van der Waals surface area contributed by atoms with E-state index in [2.05, 4.69) is 4.74 Å². The van der Waals surface area contributed by atoms with Crippen molar-refractivity contribution in [3.63, 3.8) is 0 Å². The van der Waals surface area contributed by atoms with Crippen LogP contribution in [-0.2, 0) is 23.7 Å². The molecule has 0 heterocycles. The molecule has 0 N–H and O–H groups in total. The van der Waals surface area contributed by atoms with Gasteiger partial charge in [0, 0.05) is 20.3 Å². The first kappa shape index (κ1) is 13.4. The molecule has 0 amide bonds. The highest BCUT2D eigenvalue weighted by Gasteiger charge is 1.98. The number of esters is 1. The van der Waals surface area contributed by atoms with Gasteiger partial charge >= 0.3 is 5.97 Å². The van der Waals surface area contributed by atoms with Crippen molar-refractivity contribution in [3.05, 3.63) is 0 Å². The fourth-order valence-electron chi connectivity index (χ4n) is 0.722. The van der Waals surface area contributed by atoms with E-state index in [0.717, 1.165) is 6.42 Å². The van der Waals surface area contributed by atoms with Crippen molar-refractivity contribution in [1.29, 1.82) is 0 Å². The summed E-state index contributed by atoms with van der Waals surface area (Å²) in [7, 11) is 2.96. The number of carbonyl (C=O) groups is 1. The van der Waals surface area contributed by atoms with E-state index in [0.29, 0.717) is 26.4 Å². The first-order valence-corrected chi connectivity index (χ1v) is 4.52. The van der Waals surface area contributed by atoms with Crippen molar-refractivity contribution in [2.75, 3.05) is 47.3 Å². The Morgan fingerprint density at radius 1 is 1.00 bits per heavy atom. The van der Waals surface area contributed by atoms with Crippen LogP contribution >= 0.6 is 0 Å². The monoisotopic (exact) mass is 206 g/mol. The van der Waals surface area contributed by atoms with Gasteiger partial charge in [-0.1, -0.05) is 0 Å². The quantitative estimate of drug-likeness (QED) is 0.399. The summed E-state index contributed by atoms with van der Waals surface area (Å²) in [5.41, 5.74) is 0. The SMILES string of the molecule is COCCOCCCOCC(=O)OC. The fourth-order valence-corrected chi connectivity index (χ4v) is 0.722. The number of carbonyl (C=O) groups excluding carboxylic acids is 1. The van der Waals surface area contributed by atoms with E-state index in [1.807, 2.05) is 0 Å². The minimum atomic E-state index is -0.356. The van der Waals surface area contributed by atoms with E-state index < -0.39 is 0 Å². The first-order chi connectivity index (χ1) is 6.81. The second-order valence-electron chi connectivity index (χ2n) is 2.59. The third kappa shape index (κ3) is 9.44. The Hall–Kier alpha value is -0.650. The van der Waals surface area contributed by atoms with Crippen molar-refractivity contribution >= 4 is 5.97 Å². The number of rotatable bonds is 9. The Bertz CT molecular complexity index is 137. The van der Waals surface area contributed by atoms with Crippen LogP contribution in [0.5, 0.6) is 0 Å². The molecule has 0 rings (SSSR count). The summed E-state index contributed by atoms with van der Waals surface area (Å²) in [5.74, 6) is -0.356. The molecule has 84 valence electrons. The maximum absolute atomic E-state index is 10.6. The van der Waals surface area contributed by atoms with Gasteiger partial charge in [-0.05, 0) is 6.42 Å². The molecule has 0 aromatic carbocycles. The lowest BCUT2D eigenvalue weighted by molar-refractivity contribution is -0.146. The summed E-state index contributed by atoms with van der Waals surface area (Å²) >= 11 is 0. The van der Waals surface area contributed by atoms with Crippen molar-refractivity contribution in [2.24, 2.45) is 0 Å². The molecule has 0 fully saturated rings. The van der Waals surface area contributed by atoms with Gasteiger partial charge in [-0.3, -0.25) is 0 Å². The minimum absolute atomic E-state index is 0.00850. The fraction of sp³-hybridized carbons (Fsp3) is 0.889. The molecule has 0 aromatic rings. The van der Waals surface area contributed by atoms with Crippen LogP contribution in [0, 0.1) is 0 Å². The molecule has 0 aromatic heterocycles. The standard InChI is InChI=1S/C9H18O5/c1-11-6-7-13-4-3-5-14-8-9(10)12-2/h3-8H2,1-2H3. The third-order valence-corrected chi connectivity index (χ3v) is 1.46. The highest BCUT2D eigenvalue weighted by molar-refractivity contribution is 5.70. The van der Waals surface area contributed by atoms with E-state index in [9.17, 15) is 4.79 Å². The summed E-state index contributed by atoms with van der Waals surface area (Å²) in [6.07, 6.45) is 0.765. The second-order valence-corrected chi connectivity index (χ2v) is 2.59. The molecule has 0 aliphatic carbocycles. The number of hydrogen-bond donors (Lipinski definition) is 0. The van der Waals surface area contributed by atoms with Gasteiger partial charge in [-0.2, -0.15) is 0 Å². The molecule has 0 aliphatic rings. The van der Waals surface area contributed by atoms with E-state index in [1.165, 1.54) is 7.11 Å². The van der Waals surface area contributed by atoms with Crippen LogP contribution in [0.4, 0.5) is 0 Å². The zero-order valence-electron chi connectivity index (χ0n) is 8.78. The Morgan fingerprint density at radius 3 is 2.36 bits per heavy atom. The summed E-state index contributed by atoms with van der Waals surface area (Å²) in [6, 6.07) is 0. The van der Waals surface area contributed by atoms with Crippen LogP contribution in [0.2, 0.25) is 0 Å². The normalized spacial score (nSPS) is 10.1. The molecule has 0 atom stereocenters. The predicted octanol–water partition coefficient (Wildman–Crippen LogP) is 0.229. The molecule has 0 saturated heterocycles. The van der Waals surface area contributed by atoms with Crippen molar-refractivity contribution < 1.29 is 23.7 Å². The smallest absolute Gasteiger partial charge is 0.331 e. The zero-order valence-corrected chi connectivity index (χ0v) is 8.78. The Labute approximate surface area is 84.3 Å². The van der Waals surface area contributed by atoms with Gasteiger partial charge in [0.2, 0.25) is 0 Å². The maximum Gasteiger partial charge on any atom is 0.331 e. The second kappa shape index (κ2) is 10.4. The van der Waals surface area contributed by atoms with E-state index in [1.54, 1.807) is 7.11 Å². The lowest BCUT2D eigenvalue weighted by Gasteiger charge is -2.04. The predicted molar refractivity (Wildman–Crippen MR) is 50.1 cm³/mol. The summed E-state index contributed by atoms with van der Waals surface area (Å²) in [5, 5.41) is 0. The first-order valence-electron chi connectivity index (χ1n) is 4.52. The highest BCUT2D eigenvalue weighted by atomic mass is 16.6. The van der Waals surface area contributed by atoms with Crippen LogP contribution in [0.3, 0.4) is 0 Å². The van der Waals surface area contributed by atoms with Gasteiger partial charge in [0.1, 0.15) is 6.61 Å². The van der Waals surface area contributed by atoms with Crippen LogP contribution in [0.15, 0.2) is 0 Å².